The number of nitrogens with two attached hydrogens (primary N) is 1. The summed E-state index contributed by atoms with van der Waals surface area (Å²) >= 11 is 0. The van der Waals surface area contributed by atoms with Gasteiger partial charge in [0.2, 0.25) is 0 Å². The number of hydrogen-bond acceptors (Lipinski definition) is 4. The first-order valence-corrected chi connectivity index (χ1v) is 7.22. The molecule has 0 atom stereocenters. The topological polar surface area (TPSA) is 54.5 Å². The van der Waals surface area contributed by atoms with E-state index >= 15 is 0 Å². The van der Waals surface area contributed by atoms with E-state index in [-0.39, 0.29) is 0 Å². The van der Waals surface area contributed by atoms with Gasteiger partial charge in [0.25, 0.3) is 0 Å². The Labute approximate surface area is 126 Å². The third-order valence-electron chi connectivity index (χ3n) is 4.09. The molecule has 1 aromatic heterocycles. The standard InChI is InChI=1S/C15H17F3N4/c16-15(17,18)14-2-1-12(9-21-14)22-5-3-10(4-6-22)13-7-11(19)8-20-13/h1-2,7,9-10H,3-6,8,19H2. The van der Waals surface area contributed by atoms with Crippen molar-refractivity contribution in [2.75, 3.05) is 24.5 Å². The van der Waals surface area contributed by atoms with Gasteiger partial charge in [0.05, 0.1) is 18.4 Å². The lowest BCUT2D eigenvalue weighted by molar-refractivity contribution is -0.141. The van der Waals surface area contributed by atoms with Crippen LogP contribution >= 0.6 is 0 Å². The van der Waals surface area contributed by atoms with Crippen molar-refractivity contribution >= 4 is 11.4 Å². The predicted octanol–water partition coefficient (Wildman–Crippen LogP) is 2.61. The smallest absolute Gasteiger partial charge is 0.400 e. The second kappa shape index (κ2) is 5.62. The molecule has 0 unspecified atom stereocenters. The molecule has 0 amide bonds. The summed E-state index contributed by atoms with van der Waals surface area (Å²) in [4.78, 5) is 10.00. The van der Waals surface area contributed by atoms with E-state index in [0.29, 0.717) is 12.5 Å². The minimum absolute atomic E-state index is 0.389. The van der Waals surface area contributed by atoms with Gasteiger partial charge >= 0.3 is 6.18 Å². The molecule has 1 saturated heterocycles. The molecular weight excluding hydrogens is 293 g/mol. The van der Waals surface area contributed by atoms with Gasteiger partial charge < -0.3 is 10.6 Å². The summed E-state index contributed by atoms with van der Waals surface area (Å²) in [5.74, 6) is 0.389. The van der Waals surface area contributed by atoms with Crippen LogP contribution in [0.4, 0.5) is 18.9 Å². The van der Waals surface area contributed by atoms with Crippen molar-refractivity contribution in [3.05, 3.63) is 35.8 Å². The Hall–Kier alpha value is -2.05. The van der Waals surface area contributed by atoms with Gasteiger partial charge in [-0.2, -0.15) is 13.2 Å². The van der Waals surface area contributed by atoms with Crippen LogP contribution in [-0.4, -0.2) is 30.3 Å². The number of halogens is 3. The van der Waals surface area contributed by atoms with Crippen molar-refractivity contribution in [1.29, 1.82) is 0 Å². The average Bonchev–Trinajstić information content (AvgIpc) is 2.93. The van der Waals surface area contributed by atoms with Crippen LogP contribution in [0.25, 0.3) is 0 Å². The molecular formula is C15H17F3N4. The molecule has 2 aliphatic rings. The predicted molar refractivity (Wildman–Crippen MR) is 78.7 cm³/mol. The minimum Gasteiger partial charge on any atom is -0.400 e. The molecule has 0 bridgehead atoms. The van der Waals surface area contributed by atoms with E-state index in [2.05, 4.69) is 14.9 Å². The lowest BCUT2D eigenvalue weighted by atomic mass is 9.91. The molecule has 1 aromatic rings. The van der Waals surface area contributed by atoms with Crippen LogP contribution in [0.1, 0.15) is 18.5 Å². The van der Waals surface area contributed by atoms with Crippen molar-refractivity contribution in [3.63, 3.8) is 0 Å². The molecule has 1 fully saturated rings. The van der Waals surface area contributed by atoms with E-state index in [9.17, 15) is 13.2 Å². The summed E-state index contributed by atoms with van der Waals surface area (Å²) < 4.78 is 37.5. The number of piperidine rings is 1. The molecule has 22 heavy (non-hydrogen) atoms. The van der Waals surface area contributed by atoms with Gasteiger partial charge in [0, 0.05) is 30.4 Å². The first-order chi connectivity index (χ1) is 10.4. The second-order valence-corrected chi connectivity index (χ2v) is 5.62. The number of allylic oxidation sites excluding steroid dienone is 1. The fourth-order valence-electron chi connectivity index (χ4n) is 2.89. The van der Waals surface area contributed by atoms with E-state index in [1.807, 2.05) is 6.08 Å². The third-order valence-corrected chi connectivity index (χ3v) is 4.09. The highest BCUT2D eigenvalue weighted by Crippen LogP contribution is 2.30. The molecule has 0 saturated carbocycles. The zero-order valence-corrected chi connectivity index (χ0v) is 12.0. The molecule has 7 heteroatoms. The lowest BCUT2D eigenvalue weighted by Crippen LogP contribution is -2.36. The number of anilines is 1. The van der Waals surface area contributed by atoms with Crippen LogP contribution in [-0.2, 0) is 6.18 Å². The van der Waals surface area contributed by atoms with Gasteiger partial charge in [-0.05, 0) is 31.1 Å². The number of hydrogen-bond donors (Lipinski definition) is 1. The molecule has 3 heterocycles. The third kappa shape index (κ3) is 3.08. The molecule has 2 N–H and O–H groups in total. The van der Waals surface area contributed by atoms with Crippen LogP contribution in [0.5, 0.6) is 0 Å². The van der Waals surface area contributed by atoms with Gasteiger partial charge in [-0.3, -0.25) is 4.99 Å². The highest BCUT2D eigenvalue weighted by molar-refractivity contribution is 5.99. The Kier molecular flexibility index (Phi) is 3.80. The highest BCUT2D eigenvalue weighted by atomic mass is 19.4. The number of rotatable bonds is 2. The van der Waals surface area contributed by atoms with Gasteiger partial charge in [0.15, 0.2) is 0 Å². The van der Waals surface area contributed by atoms with Crippen LogP contribution in [0.15, 0.2) is 35.1 Å². The fourth-order valence-corrected chi connectivity index (χ4v) is 2.89. The van der Waals surface area contributed by atoms with Crippen LogP contribution in [0, 0.1) is 5.92 Å². The molecule has 0 aromatic carbocycles. The minimum atomic E-state index is -4.39. The maximum Gasteiger partial charge on any atom is 0.433 e. The first-order valence-electron chi connectivity index (χ1n) is 7.22. The largest absolute Gasteiger partial charge is 0.433 e. The molecule has 3 rings (SSSR count). The number of pyridine rings is 1. The summed E-state index contributed by atoms with van der Waals surface area (Å²) in [6, 6.07) is 2.52. The van der Waals surface area contributed by atoms with Crippen molar-refractivity contribution in [2.45, 2.75) is 19.0 Å². The van der Waals surface area contributed by atoms with Crippen molar-refractivity contribution in [2.24, 2.45) is 16.6 Å². The quantitative estimate of drug-likeness (QED) is 0.913. The summed E-state index contributed by atoms with van der Waals surface area (Å²) in [6.07, 6.45) is 0.694. The van der Waals surface area contributed by atoms with Crippen LogP contribution in [0.3, 0.4) is 0 Å². The maximum atomic E-state index is 12.5. The zero-order valence-electron chi connectivity index (χ0n) is 12.0. The Morgan fingerprint density at radius 1 is 1.18 bits per heavy atom. The van der Waals surface area contributed by atoms with E-state index in [4.69, 9.17) is 5.73 Å². The zero-order chi connectivity index (χ0) is 15.7. The number of aromatic nitrogens is 1. The normalized spacial score (nSPS) is 20.0. The van der Waals surface area contributed by atoms with Crippen LogP contribution < -0.4 is 10.6 Å². The first kappa shape index (κ1) is 14.9. The maximum absolute atomic E-state index is 12.5. The van der Waals surface area contributed by atoms with Crippen LogP contribution in [0.2, 0.25) is 0 Å². The average molecular weight is 310 g/mol. The van der Waals surface area contributed by atoms with Gasteiger partial charge in [-0.25, -0.2) is 4.98 Å². The molecule has 0 radical (unpaired) electrons. The summed E-state index contributed by atoms with van der Waals surface area (Å²) in [5, 5.41) is 0. The lowest BCUT2D eigenvalue weighted by Gasteiger charge is -2.33. The van der Waals surface area contributed by atoms with Gasteiger partial charge in [-0.15, -0.1) is 0 Å². The Morgan fingerprint density at radius 3 is 2.41 bits per heavy atom. The summed E-state index contributed by atoms with van der Waals surface area (Å²) in [6.45, 7) is 2.15. The van der Waals surface area contributed by atoms with Crippen molar-refractivity contribution in [3.8, 4) is 0 Å². The molecule has 0 spiro atoms. The number of nitrogens with zero attached hydrogens (tertiary/aromatic N) is 3. The van der Waals surface area contributed by atoms with Gasteiger partial charge in [0.1, 0.15) is 5.69 Å². The number of aliphatic imine (C=N–C) groups is 1. The molecule has 4 nitrogen and oxygen atoms in total. The Morgan fingerprint density at radius 2 is 1.91 bits per heavy atom. The van der Waals surface area contributed by atoms with E-state index < -0.39 is 11.9 Å². The van der Waals surface area contributed by atoms with Gasteiger partial charge in [-0.1, -0.05) is 0 Å². The molecule has 2 aliphatic heterocycles. The van der Waals surface area contributed by atoms with Crippen molar-refractivity contribution in [1.82, 2.24) is 4.98 Å². The Bertz CT molecular complexity index is 596. The van der Waals surface area contributed by atoms with E-state index in [1.165, 1.54) is 12.3 Å². The van der Waals surface area contributed by atoms with E-state index in [1.54, 1.807) is 0 Å². The SMILES string of the molecule is NC1=CC(C2CCN(c3ccc(C(F)(F)F)nc3)CC2)=NC1. The monoisotopic (exact) mass is 310 g/mol. The van der Waals surface area contributed by atoms with E-state index in [0.717, 1.165) is 49.1 Å². The summed E-state index contributed by atoms with van der Waals surface area (Å²) in [5.41, 5.74) is 7.47. The fraction of sp³-hybridized carbons (Fsp3) is 0.467. The van der Waals surface area contributed by atoms with Crippen molar-refractivity contribution < 1.29 is 13.2 Å². The highest BCUT2D eigenvalue weighted by Gasteiger charge is 2.32. The molecule has 118 valence electrons. The number of alkyl halides is 3. The second-order valence-electron chi connectivity index (χ2n) is 5.62. The molecule has 0 aliphatic carbocycles. The summed E-state index contributed by atoms with van der Waals surface area (Å²) in [7, 11) is 0. The Balaban J connectivity index is 1.62.